The molecule has 0 aliphatic carbocycles. The van der Waals surface area contributed by atoms with Crippen molar-refractivity contribution in [2.75, 3.05) is 0 Å². The monoisotopic (exact) mass is 219 g/mol. The Morgan fingerprint density at radius 3 is 2.12 bits per heavy atom. The van der Waals surface area contributed by atoms with Crippen LogP contribution in [-0.2, 0) is 10.2 Å². The molecule has 0 aromatic heterocycles. The van der Waals surface area contributed by atoms with Crippen molar-refractivity contribution in [3.8, 4) is 0 Å². The second kappa shape index (κ2) is 4.08. The zero-order chi connectivity index (χ0) is 12.5. The minimum absolute atomic E-state index is 0.0268. The van der Waals surface area contributed by atoms with Gasteiger partial charge in [0.05, 0.1) is 0 Å². The van der Waals surface area contributed by atoms with Crippen molar-refractivity contribution < 1.29 is 9.59 Å². The molecule has 1 aromatic carbocycles. The number of hydrogen-bond acceptors (Lipinski definition) is 2. The van der Waals surface area contributed by atoms with Crippen molar-refractivity contribution in [3.05, 3.63) is 34.9 Å². The molecule has 0 unspecified atom stereocenters. The number of amides is 1. The average molecular weight is 219 g/mol. The first-order valence-corrected chi connectivity index (χ1v) is 5.18. The van der Waals surface area contributed by atoms with Gasteiger partial charge in [0.2, 0.25) is 5.78 Å². The molecule has 3 nitrogen and oxygen atoms in total. The molecule has 0 saturated carbocycles. The number of carbonyl (C=O) groups is 2. The maximum Gasteiger partial charge on any atom is 0.289 e. The smallest absolute Gasteiger partial charge is 0.289 e. The van der Waals surface area contributed by atoms with Gasteiger partial charge in [-0.15, -0.1) is 0 Å². The standard InChI is InChI=1S/C13H17NO2/c1-8-7-9(13(2,3)4)5-6-10(8)11(15)12(14)16/h5-7H,1-4H3,(H2,14,16). The molecule has 16 heavy (non-hydrogen) atoms. The fourth-order valence-electron chi connectivity index (χ4n) is 1.52. The molecule has 0 bridgehead atoms. The first-order chi connectivity index (χ1) is 7.23. The molecule has 0 heterocycles. The van der Waals surface area contributed by atoms with Crippen molar-refractivity contribution in [2.45, 2.75) is 33.1 Å². The Morgan fingerprint density at radius 2 is 1.75 bits per heavy atom. The summed E-state index contributed by atoms with van der Waals surface area (Å²) in [6, 6.07) is 5.46. The second-order valence-corrected chi connectivity index (χ2v) is 4.97. The van der Waals surface area contributed by atoms with Crippen LogP contribution in [0.1, 0.15) is 42.3 Å². The van der Waals surface area contributed by atoms with E-state index in [9.17, 15) is 9.59 Å². The van der Waals surface area contributed by atoms with Crippen LogP contribution in [0.3, 0.4) is 0 Å². The minimum atomic E-state index is -0.911. The maximum atomic E-state index is 11.5. The highest BCUT2D eigenvalue weighted by molar-refractivity contribution is 6.42. The molecule has 0 spiro atoms. The maximum absolute atomic E-state index is 11.5. The summed E-state index contributed by atoms with van der Waals surface area (Å²) in [7, 11) is 0. The van der Waals surface area contributed by atoms with Gasteiger partial charge in [0.25, 0.3) is 5.91 Å². The summed E-state index contributed by atoms with van der Waals surface area (Å²) >= 11 is 0. The van der Waals surface area contributed by atoms with Crippen LogP contribution < -0.4 is 5.73 Å². The van der Waals surface area contributed by atoms with Gasteiger partial charge in [-0.1, -0.05) is 39.0 Å². The van der Waals surface area contributed by atoms with E-state index in [0.717, 1.165) is 11.1 Å². The lowest BCUT2D eigenvalue weighted by Gasteiger charge is -2.20. The molecule has 86 valence electrons. The molecule has 1 rings (SSSR count). The van der Waals surface area contributed by atoms with E-state index in [1.54, 1.807) is 6.07 Å². The number of ketones is 1. The molecule has 3 heteroatoms. The topological polar surface area (TPSA) is 60.2 Å². The molecule has 2 N–H and O–H groups in total. The Hall–Kier alpha value is -1.64. The van der Waals surface area contributed by atoms with E-state index in [0.29, 0.717) is 5.56 Å². The lowest BCUT2D eigenvalue weighted by molar-refractivity contribution is -0.114. The predicted octanol–water partition coefficient (Wildman–Crippen LogP) is 1.96. The largest absolute Gasteiger partial charge is 0.363 e. The molecule has 1 aromatic rings. The number of carbonyl (C=O) groups excluding carboxylic acids is 2. The van der Waals surface area contributed by atoms with E-state index >= 15 is 0 Å². The molecule has 0 atom stereocenters. The van der Waals surface area contributed by atoms with Gasteiger partial charge in [-0.2, -0.15) is 0 Å². The van der Waals surface area contributed by atoms with Gasteiger partial charge in [0, 0.05) is 5.56 Å². The minimum Gasteiger partial charge on any atom is -0.363 e. The Balaban J connectivity index is 3.20. The molecule has 0 aliphatic heterocycles. The first-order valence-electron chi connectivity index (χ1n) is 5.18. The predicted molar refractivity (Wildman–Crippen MR) is 63.4 cm³/mol. The molecule has 0 saturated heterocycles. The lowest BCUT2D eigenvalue weighted by atomic mass is 9.85. The Bertz CT molecular complexity index is 442. The van der Waals surface area contributed by atoms with Crippen molar-refractivity contribution >= 4 is 11.7 Å². The van der Waals surface area contributed by atoms with E-state index < -0.39 is 11.7 Å². The summed E-state index contributed by atoms with van der Waals surface area (Å²) in [5.41, 5.74) is 7.31. The average Bonchev–Trinajstić information content (AvgIpc) is 2.15. The number of aryl methyl sites for hydroxylation is 1. The normalized spacial score (nSPS) is 11.2. The van der Waals surface area contributed by atoms with Crippen LogP contribution in [0, 0.1) is 6.92 Å². The van der Waals surface area contributed by atoms with Crippen molar-refractivity contribution in [2.24, 2.45) is 5.73 Å². The summed E-state index contributed by atoms with van der Waals surface area (Å²) in [4.78, 5) is 22.3. The summed E-state index contributed by atoms with van der Waals surface area (Å²) < 4.78 is 0. The van der Waals surface area contributed by atoms with Gasteiger partial charge < -0.3 is 5.73 Å². The summed E-state index contributed by atoms with van der Waals surface area (Å²) in [6.07, 6.45) is 0. The summed E-state index contributed by atoms with van der Waals surface area (Å²) in [5, 5.41) is 0. The number of hydrogen-bond donors (Lipinski definition) is 1. The van der Waals surface area contributed by atoms with E-state index in [1.165, 1.54) is 0 Å². The van der Waals surface area contributed by atoms with Crippen LogP contribution in [0.2, 0.25) is 0 Å². The number of Topliss-reactive ketones (excluding diaryl/α,β-unsaturated/α-hetero) is 1. The number of nitrogens with two attached hydrogens (primary N) is 1. The molecule has 1 amide bonds. The molecular formula is C13H17NO2. The van der Waals surface area contributed by atoms with Gasteiger partial charge in [0.1, 0.15) is 0 Å². The van der Waals surface area contributed by atoms with Crippen LogP contribution in [-0.4, -0.2) is 11.7 Å². The SMILES string of the molecule is Cc1cc(C(C)(C)C)ccc1C(=O)C(N)=O. The number of primary amides is 1. The first kappa shape index (κ1) is 12.4. The van der Waals surface area contributed by atoms with E-state index in [2.05, 4.69) is 20.8 Å². The van der Waals surface area contributed by atoms with Gasteiger partial charge in [0.15, 0.2) is 0 Å². The number of benzene rings is 1. The molecule has 0 radical (unpaired) electrons. The van der Waals surface area contributed by atoms with Crippen molar-refractivity contribution in [1.29, 1.82) is 0 Å². The number of rotatable bonds is 2. The molecule has 0 aliphatic rings. The second-order valence-electron chi connectivity index (χ2n) is 4.97. The third kappa shape index (κ3) is 2.48. The van der Waals surface area contributed by atoms with Crippen LogP contribution in [0.4, 0.5) is 0 Å². The Kier molecular flexibility index (Phi) is 3.17. The third-order valence-corrected chi connectivity index (χ3v) is 2.56. The quantitative estimate of drug-likeness (QED) is 0.610. The fourth-order valence-corrected chi connectivity index (χ4v) is 1.52. The van der Waals surface area contributed by atoms with E-state index in [-0.39, 0.29) is 5.41 Å². The third-order valence-electron chi connectivity index (χ3n) is 2.56. The van der Waals surface area contributed by atoms with E-state index in [4.69, 9.17) is 5.73 Å². The Labute approximate surface area is 95.6 Å². The summed E-state index contributed by atoms with van der Waals surface area (Å²) in [5.74, 6) is -1.54. The van der Waals surface area contributed by atoms with Crippen LogP contribution in [0.25, 0.3) is 0 Å². The van der Waals surface area contributed by atoms with Gasteiger partial charge in [-0.05, 0) is 23.5 Å². The molecule has 0 fully saturated rings. The van der Waals surface area contributed by atoms with Crippen LogP contribution >= 0.6 is 0 Å². The Morgan fingerprint density at radius 1 is 1.19 bits per heavy atom. The van der Waals surface area contributed by atoms with Crippen LogP contribution in [0.5, 0.6) is 0 Å². The fraction of sp³-hybridized carbons (Fsp3) is 0.385. The molecular weight excluding hydrogens is 202 g/mol. The highest BCUT2D eigenvalue weighted by atomic mass is 16.2. The van der Waals surface area contributed by atoms with Crippen LogP contribution in [0.15, 0.2) is 18.2 Å². The van der Waals surface area contributed by atoms with Crippen molar-refractivity contribution in [3.63, 3.8) is 0 Å². The zero-order valence-corrected chi connectivity index (χ0v) is 10.1. The highest BCUT2D eigenvalue weighted by Gasteiger charge is 2.18. The van der Waals surface area contributed by atoms with Crippen molar-refractivity contribution in [1.82, 2.24) is 0 Å². The lowest BCUT2D eigenvalue weighted by Crippen LogP contribution is -2.24. The highest BCUT2D eigenvalue weighted by Crippen LogP contribution is 2.24. The van der Waals surface area contributed by atoms with Gasteiger partial charge in [-0.3, -0.25) is 9.59 Å². The van der Waals surface area contributed by atoms with E-state index in [1.807, 2.05) is 19.1 Å². The van der Waals surface area contributed by atoms with Gasteiger partial charge in [-0.25, -0.2) is 0 Å². The zero-order valence-electron chi connectivity index (χ0n) is 10.1. The summed E-state index contributed by atoms with van der Waals surface area (Å²) in [6.45, 7) is 8.09. The van der Waals surface area contributed by atoms with Gasteiger partial charge >= 0.3 is 0 Å².